The van der Waals surface area contributed by atoms with E-state index < -0.39 is 16.8 Å². The third-order valence-electron chi connectivity index (χ3n) is 2.64. The number of nitrogens with zero attached hydrogens (tertiary/aromatic N) is 1. The van der Waals surface area contributed by atoms with E-state index in [0.717, 1.165) is 17.4 Å². The van der Waals surface area contributed by atoms with E-state index in [2.05, 4.69) is 4.98 Å². The second-order valence-electron chi connectivity index (χ2n) is 3.78. The fourth-order valence-corrected chi connectivity index (χ4v) is 2.44. The summed E-state index contributed by atoms with van der Waals surface area (Å²) >= 11 is 0.743. The first-order valence-electron chi connectivity index (χ1n) is 5.23. The largest absolute Gasteiger partial charge is 0.497 e. The average molecular weight is 289 g/mol. The number of aromatic nitrogens is 1. The van der Waals surface area contributed by atoms with Crippen molar-refractivity contribution in [2.45, 2.75) is 11.8 Å². The zero-order chi connectivity index (χ0) is 14.1. The van der Waals surface area contributed by atoms with Gasteiger partial charge < -0.3 is 9.84 Å². The second-order valence-corrected chi connectivity index (χ2v) is 4.67. The summed E-state index contributed by atoms with van der Waals surface area (Å²) in [6.07, 6.45) is -3.66. The van der Waals surface area contributed by atoms with Gasteiger partial charge in [-0.25, -0.2) is 4.98 Å². The molecule has 1 N–H and O–H groups in total. The van der Waals surface area contributed by atoms with Crippen LogP contribution in [0.2, 0.25) is 0 Å². The second kappa shape index (κ2) is 4.82. The van der Waals surface area contributed by atoms with Gasteiger partial charge in [0.2, 0.25) is 5.60 Å². The molecule has 1 unspecified atom stereocenters. The van der Waals surface area contributed by atoms with Crippen LogP contribution in [0.4, 0.5) is 13.2 Å². The third-order valence-corrected chi connectivity index (χ3v) is 3.52. The summed E-state index contributed by atoms with van der Waals surface area (Å²) in [7, 11) is 1.34. The number of aliphatic hydroxyl groups is 1. The molecule has 0 saturated carbocycles. The fourth-order valence-electron chi connectivity index (χ4n) is 1.66. The lowest BCUT2D eigenvalue weighted by Gasteiger charge is -2.29. The maximum Gasteiger partial charge on any atom is 0.428 e. The Morgan fingerprint density at radius 1 is 1.32 bits per heavy atom. The van der Waals surface area contributed by atoms with Gasteiger partial charge in [0.05, 0.1) is 7.11 Å². The molecule has 1 aromatic heterocycles. The number of hydrogen-bond donors (Lipinski definition) is 1. The molecule has 3 nitrogen and oxygen atoms in total. The SMILES string of the molecule is COc1cccc(C(O)(c2nccs2)C(F)(F)F)c1. The highest BCUT2D eigenvalue weighted by atomic mass is 32.1. The van der Waals surface area contributed by atoms with Gasteiger partial charge in [-0.2, -0.15) is 13.2 Å². The molecule has 2 aromatic rings. The smallest absolute Gasteiger partial charge is 0.428 e. The number of thiazole rings is 1. The number of ether oxygens (including phenoxy) is 1. The van der Waals surface area contributed by atoms with Gasteiger partial charge in [-0.15, -0.1) is 11.3 Å². The molecule has 0 aliphatic carbocycles. The predicted molar refractivity (Wildman–Crippen MR) is 64.2 cm³/mol. The minimum Gasteiger partial charge on any atom is -0.497 e. The molecule has 0 amide bonds. The van der Waals surface area contributed by atoms with Crippen molar-refractivity contribution in [2.24, 2.45) is 0 Å². The Kier molecular flexibility index (Phi) is 3.51. The highest BCUT2D eigenvalue weighted by molar-refractivity contribution is 7.09. The van der Waals surface area contributed by atoms with Crippen LogP contribution in [0, 0.1) is 0 Å². The van der Waals surface area contributed by atoms with Gasteiger partial charge in [0.1, 0.15) is 10.8 Å². The van der Waals surface area contributed by atoms with Crippen molar-refractivity contribution in [3.05, 3.63) is 46.4 Å². The monoisotopic (exact) mass is 289 g/mol. The normalized spacial score (nSPS) is 15.0. The van der Waals surface area contributed by atoms with Crippen molar-refractivity contribution >= 4 is 11.3 Å². The molecule has 102 valence electrons. The summed E-state index contributed by atoms with van der Waals surface area (Å²) in [4.78, 5) is 3.59. The molecule has 0 spiro atoms. The van der Waals surface area contributed by atoms with E-state index in [1.807, 2.05) is 0 Å². The van der Waals surface area contributed by atoms with Gasteiger partial charge >= 0.3 is 6.18 Å². The molecule has 0 fully saturated rings. The van der Waals surface area contributed by atoms with Crippen LogP contribution in [-0.2, 0) is 5.60 Å². The molecule has 0 aliphatic rings. The minimum atomic E-state index is -4.88. The molecular weight excluding hydrogens is 279 g/mol. The van der Waals surface area contributed by atoms with Crippen LogP contribution in [0.5, 0.6) is 5.75 Å². The zero-order valence-corrected chi connectivity index (χ0v) is 10.6. The molecule has 0 bridgehead atoms. The standard InChI is InChI=1S/C12H10F3NO2S/c1-18-9-4-2-3-8(7-9)11(17,12(13,14)15)10-16-5-6-19-10/h2-7,17H,1H3. The third kappa shape index (κ3) is 2.31. The van der Waals surface area contributed by atoms with E-state index in [1.165, 1.54) is 36.9 Å². The summed E-state index contributed by atoms with van der Waals surface area (Å²) in [5, 5.41) is 11.1. The van der Waals surface area contributed by atoms with Gasteiger partial charge in [-0.1, -0.05) is 12.1 Å². The maximum atomic E-state index is 13.3. The molecule has 1 atom stereocenters. The van der Waals surface area contributed by atoms with Crippen molar-refractivity contribution in [1.82, 2.24) is 4.98 Å². The molecule has 1 aromatic carbocycles. The van der Waals surface area contributed by atoms with Gasteiger partial charge in [0.15, 0.2) is 0 Å². The molecule has 0 radical (unpaired) electrons. The predicted octanol–water partition coefficient (Wildman–Crippen LogP) is 2.95. The van der Waals surface area contributed by atoms with Crippen molar-refractivity contribution in [2.75, 3.05) is 7.11 Å². The van der Waals surface area contributed by atoms with Crippen LogP contribution in [-0.4, -0.2) is 23.4 Å². The molecular formula is C12H10F3NO2S. The van der Waals surface area contributed by atoms with Crippen molar-refractivity contribution in [3.63, 3.8) is 0 Å². The van der Waals surface area contributed by atoms with Gasteiger partial charge in [0, 0.05) is 17.1 Å². The Labute approximate surface area is 111 Å². The summed E-state index contributed by atoms with van der Waals surface area (Å²) < 4.78 is 44.7. The topological polar surface area (TPSA) is 42.4 Å². The van der Waals surface area contributed by atoms with Crippen LogP contribution < -0.4 is 4.74 Å². The average Bonchev–Trinajstić information content (AvgIpc) is 2.90. The lowest BCUT2D eigenvalue weighted by atomic mass is 9.93. The first-order valence-corrected chi connectivity index (χ1v) is 6.11. The van der Waals surface area contributed by atoms with Crippen molar-refractivity contribution in [1.29, 1.82) is 0 Å². The Bertz CT molecular complexity index is 556. The van der Waals surface area contributed by atoms with Crippen LogP contribution in [0.1, 0.15) is 10.6 Å². The van der Waals surface area contributed by atoms with Crippen LogP contribution in [0.3, 0.4) is 0 Å². The quantitative estimate of drug-likeness (QED) is 0.944. The summed E-state index contributed by atoms with van der Waals surface area (Å²) in [5.74, 6) is 0.233. The minimum absolute atomic E-state index is 0.233. The number of alkyl halides is 3. The molecule has 2 rings (SSSR count). The van der Waals surface area contributed by atoms with Gasteiger partial charge in [0.25, 0.3) is 0 Å². The van der Waals surface area contributed by atoms with E-state index in [9.17, 15) is 18.3 Å². The van der Waals surface area contributed by atoms with E-state index in [-0.39, 0.29) is 11.3 Å². The molecule has 19 heavy (non-hydrogen) atoms. The Balaban J connectivity index is 2.62. The van der Waals surface area contributed by atoms with Crippen LogP contribution in [0.15, 0.2) is 35.8 Å². The van der Waals surface area contributed by atoms with Gasteiger partial charge in [-0.3, -0.25) is 0 Å². The van der Waals surface area contributed by atoms with Crippen LogP contribution in [0.25, 0.3) is 0 Å². The molecule has 1 heterocycles. The Hall–Kier alpha value is -1.60. The molecule has 0 saturated heterocycles. The highest BCUT2D eigenvalue weighted by Gasteiger charge is 2.58. The number of benzene rings is 1. The number of halogens is 3. The summed E-state index contributed by atoms with van der Waals surface area (Å²) in [6, 6.07) is 5.23. The molecule has 7 heteroatoms. The lowest BCUT2D eigenvalue weighted by Crippen LogP contribution is -2.43. The van der Waals surface area contributed by atoms with E-state index >= 15 is 0 Å². The van der Waals surface area contributed by atoms with E-state index in [4.69, 9.17) is 4.74 Å². The van der Waals surface area contributed by atoms with E-state index in [1.54, 1.807) is 0 Å². The van der Waals surface area contributed by atoms with Gasteiger partial charge in [-0.05, 0) is 12.1 Å². The number of hydrogen-bond acceptors (Lipinski definition) is 4. The van der Waals surface area contributed by atoms with Crippen LogP contribution >= 0.6 is 11.3 Å². The Morgan fingerprint density at radius 3 is 2.58 bits per heavy atom. The highest BCUT2D eigenvalue weighted by Crippen LogP contribution is 2.45. The fraction of sp³-hybridized carbons (Fsp3) is 0.250. The lowest BCUT2D eigenvalue weighted by molar-refractivity contribution is -0.248. The number of rotatable bonds is 3. The Morgan fingerprint density at radius 2 is 2.05 bits per heavy atom. The van der Waals surface area contributed by atoms with Crippen molar-refractivity contribution in [3.8, 4) is 5.75 Å². The summed E-state index contributed by atoms with van der Waals surface area (Å²) in [6.45, 7) is 0. The maximum absolute atomic E-state index is 13.3. The van der Waals surface area contributed by atoms with Crippen molar-refractivity contribution < 1.29 is 23.0 Å². The first-order chi connectivity index (χ1) is 8.89. The molecule has 0 aliphatic heterocycles. The van der Waals surface area contributed by atoms with E-state index in [0.29, 0.717) is 0 Å². The zero-order valence-electron chi connectivity index (χ0n) is 9.81. The summed E-state index contributed by atoms with van der Waals surface area (Å²) in [5.41, 5.74) is -3.45. The number of methoxy groups -OCH3 is 1. The first kappa shape index (κ1) is 13.8.